The molecule has 7 nitrogen and oxygen atoms in total. The number of carboxylic acid groups (broad SMARTS) is 1. The van der Waals surface area contributed by atoms with Gasteiger partial charge in [-0.25, -0.2) is 9.18 Å². The smallest absolute Gasteiger partial charge is 0.353 e. The standard InChI is InChI=1S/C25H17ClFN3O4S/c26-15-8-19-14(24(28)29-35-19)7-11(15)10-30-17-9-16(27)12-5-6-34-23(12)21(17)20(22(30)25(32)33)13-3-1-2-4-18(13)31/h1-3,7-9H,4-6,10H2,(H2,28,29)(H,32,33). The van der Waals surface area contributed by atoms with Gasteiger partial charge < -0.3 is 20.1 Å². The van der Waals surface area contributed by atoms with Gasteiger partial charge in [0.05, 0.1) is 22.2 Å². The second-order valence-corrected chi connectivity index (χ2v) is 9.63. The van der Waals surface area contributed by atoms with Gasteiger partial charge in [0.1, 0.15) is 23.1 Å². The number of carboxylic acids is 1. The highest BCUT2D eigenvalue weighted by Gasteiger charge is 2.33. The van der Waals surface area contributed by atoms with Crippen LogP contribution in [0.2, 0.25) is 5.02 Å². The van der Waals surface area contributed by atoms with Crippen LogP contribution in [0.5, 0.6) is 5.75 Å². The van der Waals surface area contributed by atoms with Crippen molar-refractivity contribution < 1.29 is 23.8 Å². The molecule has 1 aliphatic heterocycles. The number of aromatic nitrogens is 2. The largest absolute Gasteiger partial charge is 0.492 e. The number of Topliss-reactive ketones (excluding diaryl/α,β-unsaturated/α-hetero) is 1. The number of hydrogen-bond donors (Lipinski definition) is 2. The molecule has 2 aromatic carbocycles. The molecule has 0 saturated carbocycles. The number of carbonyl (C=O) groups is 2. The van der Waals surface area contributed by atoms with Crippen molar-refractivity contribution in [1.29, 1.82) is 0 Å². The number of aromatic carboxylic acids is 1. The van der Waals surface area contributed by atoms with Gasteiger partial charge in [0.25, 0.3) is 0 Å². The number of nitrogen functional groups attached to an aromatic ring is 1. The fraction of sp³-hybridized carbons (Fsp3) is 0.160. The minimum atomic E-state index is -1.25. The summed E-state index contributed by atoms with van der Waals surface area (Å²) in [6, 6.07) is 4.81. The van der Waals surface area contributed by atoms with E-state index in [0.29, 0.717) is 44.7 Å². The van der Waals surface area contributed by atoms with Gasteiger partial charge in [-0.1, -0.05) is 29.8 Å². The quantitative estimate of drug-likeness (QED) is 0.390. The average Bonchev–Trinajstić information content (AvgIpc) is 3.52. The predicted octanol–water partition coefficient (Wildman–Crippen LogP) is 5.22. The van der Waals surface area contributed by atoms with Crippen molar-refractivity contribution in [1.82, 2.24) is 8.94 Å². The van der Waals surface area contributed by atoms with Crippen LogP contribution in [-0.4, -0.2) is 32.4 Å². The lowest BCUT2D eigenvalue weighted by molar-refractivity contribution is -0.113. The van der Waals surface area contributed by atoms with Crippen LogP contribution < -0.4 is 10.5 Å². The van der Waals surface area contributed by atoms with E-state index in [0.717, 1.165) is 4.70 Å². The highest BCUT2D eigenvalue weighted by Crippen LogP contribution is 2.45. The van der Waals surface area contributed by atoms with Crippen LogP contribution in [0.4, 0.5) is 10.2 Å². The highest BCUT2D eigenvalue weighted by molar-refractivity contribution is 7.13. The molecule has 176 valence electrons. The van der Waals surface area contributed by atoms with Gasteiger partial charge in [0.2, 0.25) is 0 Å². The molecule has 0 bridgehead atoms. The Morgan fingerprint density at radius 1 is 1.34 bits per heavy atom. The average molecular weight is 510 g/mol. The van der Waals surface area contributed by atoms with E-state index in [9.17, 15) is 14.7 Å². The van der Waals surface area contributed by atoms with Gasteiger partial charge in [-0.05, 0) is 35.3 Å². The Balaban J connectivity index is 1.69. The highest BCUT2D eigenvalue weighted by atomic mass is 35.5. The first-order chi connectivity index (χ1) is 16.8. The van der Waals surface area contributed by atoms with Gasteiger partial charge in [-0.3, -0.25) is 4.79 Å². The van der Waals surface area contributed by atoms with Crippen molar-refractivity contribution in [3.8, 4) is 5.75 Å². The third kappa shape index (κ3) is 3.26. The van der Waals surface area contributed by atoms with Crippen molar-refractivity contribution in [2.45, 2.75) is 19.4 Å². The van der Waals surface area contributed by atoms with Crippen LogP contribution in [0.1, 0.15) is 33.6 Å². The molecule has 10 heteroatoms. The van der Waals surface area contributed by atoms with Crippen molar-refractivity contribution in [3.63, 3.8) is 0 Å². The van der Waals surface area contributed by atoms with Crippen molar-refractivity contribution in [3.05, 3.63) is 69.7 Å². The molecule has 0 radical (unpaired) electrons. The fourth-order valence-electron chi connectivity index (χ4n) is 4.86. The lowest BCUT2D eigenvalue weighted by Gasteiger charge is -2.12. The maximum absolute atomic E-state index is 15.1. The Morgan fingerprint density at radius 2 is 2.17 bits per heavy atom. The first-order valence-corrected chi connectivity index (χ1v) is 12.0. The topological polar surface area (TPSA) is 107 Å². The molecule has 4 aromatic rings. The number of fused-ring (bicyclic) bond motifs is 4. The zero-order chi connectivity index (χ0) is 24.4. The number of carbonyl (C=O) groups excluding carboxylic acids is 1. The molecule has 0 fully saturated rings. The minimum absolute atomic E-state index is 0.0116. The second kappa shape index (κ2) is 7.93. The lowest BCUT2D eigenvalue weighted by atomic mass is 9.92. The number of rotatable bonds is 4. The Hall–Kier alpha value is -3.69. The van der Waals surface area contributed by atoms with Crippen LogP contribution in [0.15, 0.2) is 36.4 Å². The maximum Gasteiger partial charge on any atom is 0.353 e. The van der Waals surface area contributed by atoms with Crippen LogP contribution in [0.25, 0.3) is 26.6 Å². The first-order valence-electron chi connectivity index (χ1n) is 10.8. The van der Waals surface area contributed by atoms with Gasteiger partial charge in [-0.2, -0.15) is 4.37 Å². The van der Waals surface area contributed by atoms with E-state index in [1.54, 1.807) is 30.4 Å². The molecule has 0 unspecified atom stereocenters. The van der Waals surface area contributed by atoms with Gasteiger partial charge in [0, 0.05) is 46.5 Å². The Labute approximate surface area is 207 Å². The number of anilines is 1. The van der Waals surface area contributed by atoms with E-state index in [2.05, 4.69) is 4.37 Å². The van der Waals surface area contributed by atoms with Crippen molar-refractivity contribution in [2.24, 2.45) is 0 Å². The summed E-state index contributed by atoms with van der Waals surface area (Å²) >= 11 is 7.77. The zero-order valence-corrected chi connectivity index (χ0v) is 19.7. The van der Waals surface area contributed by atoms with Gasteiger partial charge in [0.15, 0.2) is 5.78 Å². The molecular formula is C25H17ClFN3O4S. The number of ether oxygens (including phenoxy) is 1. The molecule has 2 aliphatic rings. The van der Waals surface area contributed by atoms with E-state index in [-0.39, 0.29) is 47.9 Å². The molecule has 3 heterocycles. The Morgan fingerprint density at radius 3 is 2.94 bits per heavy atom. The zero-order valence-electron chi connectivity index (χ0n) is 18.1. The van der Waals surface area contributed by atoms with Crippen LogP contribution in [0, 0.1) is 5.82 Å². The number of allylic oxidation sites excluding steroid dienone is 4. The summed E-state index contributed by atoms with van der Waals surface area (Å²) in [7, 11) is 0. The summed E-state index contributed by atoms with van der Waals surface area (Å²) in [4.78, 5) is 25.6. The molecule has 6 rings (SSSR count). The molecule has 0 amide bonds. The normalized spacial score (nSPS) is 15.0. The summed E-state index contributed by atoms with van der Waals surface area (Å²) < 4.78 is 27.3. The maximum atomic E-state index is 15.1. The number of benzene rings is 2. The van der Waals surface area contributed by atoms with Crippen LogP contribution >= 0.6 is 23.1 Å². The molecule has 2 aromatic heterocycles. The van der Waals surface area contributed by atoms with E-state index in [1.807, 2.05) is 0 Å². The van der Waals surface area contributed by atoms with E-state index >= 15 is 4.39 Å². The predicted molar refractivity (Wildman–Crippen MR) is 133 cm³/mol. The minimum Gasteiger partial charge on any atom is -0.492 e. The van der Waals surface area contributed by atoms with Gasteiger partial charge in [-0.15, -0.1) is 0 Å². The molecular weight excluding hydrogens is 493 g/mol. The van der Waals surface area contributed by atoms with E-state index in [1.165, 1.54) is 22.2 Å². The van der Waals surface area contributed by atoms with Crippen molar-refractivity contribution in [2.75, 3.05) is 12.3 Å². The third-order valence-corrected chi connectivity index (χ3v) is 7.60. The molecule has 35 heavy (non-hydrogen) atoms. The number of nitrogens with zero attached hydrogens (tertiary/aromatic N) is 2. The lowest BCUT2D eigenvalue weighted by Crippen LogP contribution is -2.14. The number of nitrogens with two attached hydrogens (primary N) is 1. The van der Waals surface area contributed by atoms with Crippen molar-refractivity contribution >= 4 is 67.3 Å². The summed E-state index contributed by atoms with van der Waals surface area (Å²) in [6.45, 7) is 0.288. The summed E-state index contributed by atoms with van der Waals surface area (Å²) in [5.41, 5.74) is 7.62. The molecule has 3 N–H and O–H groups in total. The number of ketones is 1. The third-order valence-electron chi connectivity index (χ3n) is 6.42. The fourth-order valence-corrected chi connectivity index (χ4v) is 5.87. The van der Waals surface area contributed by atoms with E-state index in [4.69, 9.17) is 22.1 Å². The SMILES string of the molecule is Nc1nsc2cc(Cl)c(Cn3c(C(=O)O)c(C4=CC=CCC4=O)c4c5c(c(F)cc43)CCO5)cc12. The van der Waals surface area contributed by atoms with Gasteiger partial charge >= 0.3 is 5.97 Å². The van der Waals surface area contributed by atoms with Crippen LogP contribution in [-0.2, 0) is 17.8 Å². The summed E-state index contributed by atoms with van der Waals surface area (Å²) in [6.07, 6.45) is 5.53. The summed E-state index contributed by atoms with van der Waals surface area (Å²) in [5, 5.41) is 11.9. The molecule has 1 aliphatic carbocycles. The molecule has 0 spiro atoms. The second-order valence-electron chi connectivity index (χ2n) is 8.42. The number of halogens is 2. The monoisotopic (exact) mass is 509 g/mol. The Kier molecular flexibility index (Phi) is 4.94. The Bertz CT molecular complexity index is 1670. The molecule has 0 saturated heterocycles. The molecule has 0 atom stereocenters. The summed E-state index contributed by atoms with van der Waals surface area (Å²) in [5.74, 6) is -1.32. The van der Waals surface area contributed by atoms with E-state index < -0.39 is 11.8 Å². The number of hydrogen-bond acceptors (Lipinski definition) is 6. The first kappa shape index (κ1) is 21.8. The van der Waals surface area contributed by atoms with Crippen LogP contribution in [0.3, 0.4) is 0 Å².